The number of nitrogens with zero attached hydrogens (tertiary/aromatic N) is 1. The SMILES string of the molecule is O=C(O)CCC1CCN(C2CCCC2)C(=O)O1. The van der Waals surface area contributed by atoms with Crippen LogP contribution in [0.4, 0.5) is 4.79 Å². The van der Waals surface area contributed by atoms with Gasteiger partial charge in [0, 0.05) is 25.4 Å². The third-order valence-corrected chi connectivity index (χ3v) is 3.64. The van der Waals surface area contributed by atoms with Crippen LogP contribution in [0.3, 0.4) is 0 Å². The van der Waals surface area contributed by atoms with Crippen LogP contribution in [-0.2, 0) is 9.53 Å². The van der Waals surface area contributed by atoms with Crippen LogP contribution < -0.4 is 0 Å². The Morgan fingerprint density at radius 2 is 2.06 bits per heavy atom. The van der Waals surface area contributed by atoms with E-state index in [0.717, 1.165) is 19.3 Å². The van der Waals surface area contributed by atoms with Gasteiger partial charge in [-0.15, -0.1) is 0 Å². The van der Waals surface area contributed by atoms with Gasteiger partial charge in [-0.2, -0.15) is 0 Å². The number of carboxylic acids is 1. The van der Waals surface area contributed by atoms with Crippen LogP contribution in [0.25, 0.3) is 0 Å². The summed E-state index contributed by atoms with van der Waals surface area (Å²) in [5.74, 6) is -0.834. The minimum absolute atomic E-state index is 0.0708. The Bertz CT molecular complexity index is 299. The first-order valence-corrected chi connectivity index (χ1v) is 6.36. The van der Waals surface area contributed by atoms with Crippen molar-refractivity contribution in [3.8, 4) is 0 Å². The van der Waals surface area contributed by atoms with Crippen LogP contribution in [0.1, 0.15) is 44.9 Å². The van der Waals surface area contributed by atoms with Gasteiger partial charge in [0.05, 0.1) is 0 Å². The number of carboxylic acid groups (broad SMARTS) is 1. The van der Waals surface area contributed by atoms with Crippen molar-refractivity contribution < 1.29 is 19.4 Å². The fourth-order valence-electron chi connectivity index (χ4n) is 2.68. The monoisotopic (exact) mass is 241 g/mol. The molecule has 1 amide bonds. The fraction of sp³-hybridized carbons (Fsp3) is 0.833. The lowest BCUT2D eigenvalue weighted by Gasteiger charge is -2.35. The maximum atomic E-state index is 11.8. The molecule has 1 aliphatic carbocycles. The highest BCUT2D eigenvalue weighted by Crippen LogP contribution is 2.27. The molecule has 0 bridgehead atoms. The normalized spacial score (nSPS) is 26.0. The van der Waals surface area contributed by atoms with Gasteiger partial charge in [0.25, 0.3) is 0 Å². The second-order valence-corrected chi connectivity index (χ2v) is 4.86. The number of carbonyl (C=O) groups is 2. The Morgan fingerprint density at radius 3 is 2.65 bits per heavy atom. The summed E-state index contributed by atoms with van der Waals surface area (Å²) in [6.07, 6.45) is 5.34. The summed E-state index contributed by atoms with van der Waals surface area (Å²) < 4.78 is 5.29. The Labute approximate surface area is 101 Å². The molecule has 1 saturated carbocycles. The number of carbonyl (C=O) groups excluding carboxylic acids is 1. The van der Waals surface area contributed by atoms with Crippen LogP contribution in [0.2, 0.25) is 0 Å². The molecule has 96 valence electrons. The molecule has 1 saturated heterocycles. The van der Waals surface area contributed by atoms with Gasteiger partial charge in [-0.05, 0) is 19.3 Å². The van der Waals surface area contributed by atoms with E-state index in [2.05, 4.69) is 0 Å². The first-order chi connectivity index (χ1) is 8.16. The van der Waals surface area contributed by atoms with Crippen molar-refractivity contribution in [3.05, 3.63) is 0 Å². The molecule has 2 fully saturated rings. The molecule has 5 nitrogen and oxygen atoms in total. The summed E-state index contributed by atoms with van der Waals surface area (Å²) in [6.45, 7) is 0.716. The van der Waals surface area contributed by atoms with Crippen molar-refractivity contribution in [2.45, 2.75) is 57.1 Å². The molecule has 0 radical (unpaired) electrons. The van der Waals surface area contributed by atoms with Gasteiger partial charge in [-0.25, -0.2) is 4.79 Å². The third-order valence-electron chi connectivity index (χ3n) is 3.64. The number of amides is 1. The van der Waals surface area contributed by atoms with Gasteiger partial charge in [-0.3, -0.25) is 4.79 Å². The largest absolute Gasteiger partial charge is 0.481 e. The molecule has 17 heavy (non-hydrogen) atoms. The van der Waals surface area contributed by atoms with E-state index in [1.165, 1.54) is 12.8 Å². The molecular formula is C12H19NO4. The van der Waals surface area contributed by atoms with Crippen LogP contribution >= 0.6 is 0 Å². The molecule has 0 aromatic carbocycles. The molecule has 5 heteroatoms. The topological polar surface area (TPSA) is 66.8 Å². The van der Waals surface area contributed by atoms with Gasteiger partial charge in [0.15, 0.2) is 0 Å². The van der Waals surface area contributed by atoms with E-state index in [9.17, 15) is 9.59 Å². The standard InChI is InChI=1S/C12H19NO4/c14-11(15)6-5-10-7-8-13(12(16)17-10)9-3-1-2-4-9/h9-10H,1-8H2,(H,14,15). The van der Waals surface area contributed by atoms with Crippen LogP contribution in [0.5, 0.6) is 0 Å². The summed E-state index contributed by atoms with van der Waals surface area (Å²) in [5.41, 5.74) is 0. The molecule has 1 heterocycles. The van der Waals surface area contributed by atoms with Crippen LogP contribution in [-0.4, -0.2) is 40.8 Å². The summed E-state index contributed by atoms with van der Waals surface area (Å²) in [7, 11) is 0. The maximum absolute atomic E-state index is 11.8. The zero-order valence-corrected chi connectivity index (χ0v) is 9.93. The minimum Gasteiger partial charge on any atom is -0.481 e. The van der Waals surface area contributed by atoms with Crippen molar-refractivity contribution in [2.24, 2.45) is 0 Å². The fourth-order valence-corrected chi connectivity index (χ4v) is 2.68. The highest BCUT2D eigenvalue weighted by molar-refractivity contribution is 5.69. The van der Waals surface area contributed by atoms with E-state index in [1.54, 1.807) is 0 Å². The Kier molecular flexibility index (Phi) is 3.86. The lowest BCUT2D eigenvalue weighted by Crippen LogP contribution is -2.46. The van der Waals surface area contributed by atoms with E-state index in [0.29, 0.717) is 19.0 Å². The zero-order valence-electron chi connectivity index (χ0n) is 9.93. The average Bonchev–Trinajstić information content (AvgIpc) is 2.79. The lowest BCUT2D eigenvalue weighted by atomic mass is 10.1. The number of rotatable bonds is 4. The summed E-state index contributed by atoms with van der Waals surface area (Å²) in [5, 5.41) is 8.58. The van der Waals surface area contributed by atoms with Gasteiger partial charge >= 0.3 is 12.1 Å². The minimum atomic E-state index is -0.834. The summed E-state index contributed by atoms with van der Waals surface area (Å²) in [6, 6.07) is 0.350. The smallest absolute Gasteiger partial charge is 0.410 e. The molecule has 1 N–H and O–H groups in total. The molecule has 1 aliphatic heterocycles. The second-order valence-electron chi connectivity index (χ2n) is 4.86. The first kappa shape index (κ1) is 12.2. The van der Waals surface area contributed by atoms with Gasteiger partial charge in [0.1, 0.15) is 6.10 Å². The summed E-state index contributed by atoms with van der Waals surface area (Å²) >= 11 is 0. The van der Waals surface area contributed by atoms with Gasteiger partial charge in [-0.1, -0.05) is 12.8 Å². The molecular weight excluding hydrogens is 222 g/mol. The number of ether oxygens (including phenoxy) is 1. The average molecular weight is 241 g/mol. The zero-order chi connectivity index (χ0) is 12.3. The third kappa shape index (κ3) is 3.11. The molecule has 1 atom stereocenters. The van der Waals surface area contributed by atoms with Crippen molar-refractivity contribution in [2.75, 3.05) is 6.54 Å². The molecule has 2 rings (SSSR count). The van der Waals surface area contributed by atoms with E-state index >= 15 is 0 Å². The van der Waals surface area contributed by atoms with E-state index < -0.39 is 5.97 Å². The van der Waals surface area contributed by atoms with Gasteiger partial charge in [0.2, 0.25) is 0 Å². The number of hydrogen-bond acceptors (Lipinski definition) is 3. The molecule has 0 spiro atoms. The highest BCUT2D eigenvalue weighted by atomic mass is 16.6. The van der Waals surface area contributed by atoms with Crippen molar-refractivity contribution in [3.63, 3.8) is 0 Å². The Morgan fingerprint density at radius 1 is 1.35 bits per heavy atom. The van der Waals surface area contributed by atoms with Crippen molar-refractivity contribution >= 4 is 12.1 Å². The molecule has 1 unspecified atom stereocenters. The molecule has 0 aromatic heterocycles. The van der Waals surface area contributed by atoms with E-state index in [-0.39, 0.29) is 18.6 Å². The Balaban J connectivity index is 1.80. The van der Waals surface area contributed by atoms with E-state index in [1.807, 2.05) is 4.90 Å². The second kappa shape index (κ2) is 5.38. The quantitative estimate of drug-likeness (QED) is 0.817. The Hall–Kier alpha value is -1.26. The van der Waals surface area contributed by atoms with Crippen LogP contribution in [0, 0.1) is 0 Å². The van der Waals surface area contributed by atoms with Crippen molar-refractivity contribution in [1.82, 2.24) is 4.90 Å². The molecule has 0 aromatic rings. The van der Waals surface area contributed by atoms with E-state index in [4.69, 9.17) is 9.84 Å². The predicted molar refractivity (Wildman–Crippen MR) is 60.7 cm³/mol. The molecule has 2 aliphatic rings. The lowest BCUT2D eigenvalue weighted by molar-refractivity contribution is -0.137. The van der Waals surface area contributed by atoms with Crippen LogP contribution in [0.15, 0.2) is 0 Å². The predicted octanol–water partition coefficient (Wildman–Crippen LogP) is 2.00. The highest BCUT2D eigenvalue weighted by Gasteiger charge is 2.33. The first-order valence-electron chi connectivity index (χ1n) is 6.36. The maximum Gasteiger partial charge on any atom is 0.410 e. The van der Waals surface area contributed by atoms with Gasteiger partial charge < -0.3 is 14.7 Å². The number of cyclic esters (lactones) is 1. The number of hydrogen-bond donors (Lipinski definition) is 1. The number of aliphatic carboxylic acids is 1. The van der Waals surface area contributed by atoms with Crippen molar-refractivity contribution in [1.29, 1.82) is 0 Å². The summed E-state index contributed by atoms with van der Waals surface area (Å²) in [4.78, 5) is 24.1.